The van der Waals surface area contributed by atoms with Crippen LogP contribution in [0.4, 0.5) is 0 Å². The second kappa shape index (κ2) is 5.31. The summed E-state index contributed by atoms with van der Waals surface area (Å²) in [4.78, 5) is 4.79. The van der Waals surface area contributed by atoms with Gasteiger partial charge in [0.15, 0.2) is 0 Å². The zero-order chi connectivity index (χ0) is 13.2. The van der Waals surface area contributed by atoms with Crippen molar-refractivity contribution < 1.29 is 4.74 Å². The average molecular weight is 274 g/mol. The van der Waals surface area contributed by atoms with Gasteiger partial charge >= 0.3 is 0 Å². The van der Waals surface area contributed by atoms with Gasteiger partial charge in [-0.25, -0.2) is 4.98 Å². The van der Waals surface area contributed by atoms with Crippen LogP contribution in [0, 0.1) is 6.92 Å². The third-order valence-electron chi connectivity index (χ3n) is 3.51. The van der Waals surface area contributed by atoms with E-state index in [1.165, 1.54) is 23.4 Å². The molecule has 1 unspecified atom stereocenters. The molecule has 1 saturated heterocycles. The maximum absolute atomic E-state index is 5.44. The van der Waals surface area contributed by atoms with Crippen molar-refractivity contribution in [1.82, 2.24) is 10.3 Å². The van der Waals surface area contributed by atoms with Crippen molar-refractivity contribution in [3.8, 4) is 17.0 Å². The summed E-state index contributed by atoms with van der Waals surface area (Å²) < 4.78 is 5.44. The number of methoxy groups -OCH3 is 1. The Morgan fingerprint density at radius 1 is 1.42 bits per heavy atom. The van der Waals surface area contributed by atoms with Crippen LogP contribution in [0.3, 0.4) is 0 Å². The molecule has 3 rings (SSSR count). The van der Waals surface area contributed by atoms with E-state index in [4.69, 9.17) is 9.72 Å². The number of nitrogens with zero attached hydrogens (tertiary/aromatic N) is 1. The summed E-state index contributed by atoms with van der Waals surface area (Å²) in [5.41, 5.74) is 3.33. The highest BCUT2D eigenvalue weighted by molar-refractivity contribution is 7.10. The summed E-state index contributed by atoms with van der Waals surface area (Å²) in [5, 5.41) is 6.82. The lowest BCUT2D eigenvalue weighted by molar-refractivity contribution is 0.416. The van der Waals surface area contributed by atoms with E-state index in [1.54, 1.807) is 18.4 Å². The molecule has 0 saturated carbocycles. The summed E-state index contributed by atoms with van der Waals surface area (Å²) in [6, 6.07) is 6.65. The van der Waals surface area contributed by atoms with Gasteiger partial charge in [-0.3, -0.25) is 0 Å². The minimum absolute atomic E-state index is 0.439. The molecule has 4 heteroatoms. The molecule has 100 valence electrons. The van der Waals surface area contributed by atoms with E-state index in [0.717, 1.165) is 23.6 Å². The van der Waals surface area contributed by atoms with Gasteiger partial charge in [-0.1, -0.05) is 11.6 Å². The third kappa shape index (κ3) is 2.51. The molecule has 1 aliphatic rings. The predicted molar refractivity (Wildman–Crippen MR) is 78.8 cm³/mol. The van der Waals surface area contributed by atoms with E-state index in [1.807, 2.05) is 6.07 Å². The van der Waals surface area contributed by atoms with Crippen LogP contribution in [0.1, 0.15) is 29.5 Å². The Kier molecular flexibility index (Phi) is 3.53. The van der Waals surface area contributed by atoms with Crippen molar-refractivity contribution in [3.05, 3.63) is 34.2 Å². The third-order valence-corrected chi connectivity index (χ3v) is 4.47. The number of thiazole rings is 1. The second-order valence-electron chi connectivity index (χ2n) is 4.92. The quantitative estimate of drug-likeness (QED) is 0.929. The number of hydrogen-bond donors (Lipinski definition) is 1. The van der Waals surface area contributed by atoms with Crippen molar-refractivity contribution in [1.29, 1.82) is 0 Å². The van der Waals surface area contributed by atoms with E-state index in [0.29, 0.717) is 6.04 Å². The van der Waals surface area contributed by atoms with E-state index in [2.05, 4.69) is 29.8 Å². The molecule has 1 N–H and O–H groups in total. The molecule has 1 atom stereocenters. The Bertz CT molecular complexity index is 573. The first kappa shape index (κ1) is 12.6. The Hall–Kier alpha value is -1.39. The lowest BCUT2D eigenvalue weighted by Gasteiger charge is -2.08. The summed E-state index contributed by atoms with van der Waals surface area (Å²) >= 11 is 1.74. The Labute approximate surface area is 117 Å². The topological polar surface area (TPSA) is 34.1 Å². The summed E-state index contributed by atoms with van der Waals surface area (Å²) in [6.07, 6.45) is 2.44. The van der Waals surface area contributed by atoms with Crippen molar-refractivity contribution >= 4 is 11.3 Å². The minimum Gasteiger partial charge on any atom is -0.496 e. The van der Waals surface area contributed by atoms with Crippen LogP contribution < -0.4 is 10.1 Å². The van der Waals surface area contributed by atoms with Crippen LogP contribution in [-0.2, 0) is 0 Å². The van der Waals surface area contributed by atoms with Gasteiger partial charge in [0.2, 0.25) is 0 Å². The first-order valence-corrected chi connectivity index (χ1v) is 7.49. The number of benzene rings is 1. The molecule has 1 aromatic carbocycles. The smallest absolute Gasteiger partial charge is 0.128 e. The molecule has 0 amide bonds. The van der Waals surface area contributed by atoms with Crippen molar-refractivity contribution in [2.24, 2.45) is 0 Å². The standard InChI is InChI=1S/C15H18N2OS/c1-10-5-6-14(18-2)11(8-10)13-9-19-15(17-13)12-4-3-7-16-12/h5-6,8-9,12,16H,3-4,7H2,1-2H3. The fourth-order valence-corrected chi connectivity index (χ4v) is 3.42. The van der Waals surface area contributed by atoms with Crippen LogP contribution in [0.2, 0.25) is 0 Å². The fourth-order valence-electron chi connectivity index (χ4n) is 2.49. The molecule has 0 bridgehead atoms. The molecule has 2 heterocycles. The first-order chi connectivity index (χ1) is 9.28. The summed E-state index contributed by atoms with van der Waals surface area (Å²) in [5.74, 6) is 0.891. The Morgan fingerprint density at radius 2 is 2.32 bits per heavy atom. The van der Waals surface area contributed by atoms with Crippen LogP contribution in [0.25, 0.3) is 11.3 Å². The maximum atomic E-state index is 5.44. The molecule has 2 aromatic rings. The van der Waals surface area contributed by atoms with Crippen LogP contribution in [0.15, 0.2) is 23.6 Å². The molecular formula is C15H18N2OS. The van der Waals surface area contributed by atoms with Gasteiger partial charge in [0.1, 0.15) is 10.8 Å². The van der Waals surface area contributed by atoms with E-state index >= 15 is 0 Å². The van der Waals surface area contributed by atoms with Crippen molar-refractivity contribution in [3.63, 3.8) is 0 Å². The zero-order valence-corrected chi connectivity index (χ0v) is 12.1. The molecule has 1 aromatic heterocycles. The van der Waals surface area contributed by atoms with Crippen molar-refractivity contribution in [2.75, 3.05) is 13.7 Å². The molecular weight excluding hydrogens is 256 g/mol. The van der Waals surface area contributed by atoms with Gasteiger partial charge in [-0.05, 0) is 38.4 Å². The van der Waals surface area contributed by atoms with E-state index < -0.39 is 0 Å². The van der Waals surface area contributed by atoms with Gasteiger partial charge < -0.3 is 10.1 Å². The molecule has 3 nitrogen and oxygen atoms in total. The summed E-state index contributed by atoms with van der Waals surface area (Å²) in [7, 11) is 1.71. The van der Waals surface area contributed by atoms with E-state index in [-0.39, 0.29) is 0 Å². The number of hydrogen-bond acceptors (Lipinski definition) is 4. The molecule has 1 aliphatic heterocycles. The molecule has 1 fully saturated rings. The van der Waals surface area contributed by atoms with Gasteiger partial charge in [-0.15, -0.1) is 11.3 Å². The minimum atomic E-state index is 0.439. The largest absolute Gasteiger partial charge is 0.496 e. The number of ether oxygens (including phenoxy) is 1. The number of aryl methyl sites for hydroxylation is 1. The van der Waals surface area contributed by atoms with Gasteiger partial charge in [0.25, 0.3) is 0 Å². The SMILES string of the molecule is COc1ccc(C)cc1-c1csc(C2CCCN2)n1. The van der Waals surface area contributed by atoms with Crippen molar-refractivity contribution in [2.45, 2.75) is 25.8 Å². The number of rotatable bonds is 3. The van der Waals surface area contributed by atoms with Crippen LogP contribution in [-0.4, -0.2) is 18.6 Å². The van der Waals surface area contributed by atoms with Crippen LogP contribution in [0.5, 0.6) is 5.75 Å². The zero-order valence-electron chi connectivity index (χ0n) is 11.3. The van der Waals surface area contributed by atoms with Gasteiger partial charge in [0, 0.05) is 10.9 Å². The predicted octanol–water partition coefficient (Wildman–Crippen LogP) is 3.55. The van der Waals surface area contributed by atoms with E-state index in [9.17, 15) is 0 Å². The van der Waals surface area contributed by atoms with Crippen LogP contribution >= 0.6 is 11.3 Å². The van der Waals surface area contributed by atoms with Gasteiger partial charge in [0.05, 0.1) is 18.8 Å². The maximum Gasteiger partial charge on any atom is 0.128 e. The molecule has 19 heavy (non-hydrogen) atoms. The number of nitrogens with one attached hydrogen (secondary N) is 1. The molecule has 0 radical (unpaired) electrons. The second-order valence-corrected chi connectivity index (χ2v) is 5.81. The van der Waals surface area contributed by atoms with Gasteiger partial charge in [-0.2, -0.15) is 0 Å². The molecule has 0 spiro atoms. The highest BCUT2D eigenvalue weighted by atomic mass is 32.1. The normalized spacial score (nSPS) is 18.7. The first-order valence-electron chi connectivity index (χ1n) is 6.62. The lowest BCUT2D eigenvalue weighted by Crippen LogP contribution is -2.12. The fraction of sp³-hybridized carbons (Fsp3) is 0.400. The molecule has 0 aliphatic carbocycles. The lowest BCUT2D eigenvalue weighted by atomic mass is 10.1. The Morgan fingerprint density at radius 3 is 3.05 bits per heavy atom. The summed E-state index contributed by atoms with van der Waals surface area (Å²) in [6.45, 7) is 3.20. The monoisotopic (exact) mass is 274 g/mol. The highest BCUT2D eigenvalue weighted by Crippen LogP contribution is 2.34. The average Bonchev–Trinajstić information content (AvgIpc) is 3.09. The highest BCUT2D eigenvalue weighted by Gasteiger charge is 2.20. The number of aromatic nitrogens is 1. The Balaban J connectivity index is 1.95.